The van der Waals surface area contributed by atoms with Gasteiger partial charge in [-0.25, -0.2) is 4.98 Å². The van der Waals surface area contributed by atoms with E-state index in [2.05, 4.69) is 45.2 Å². The van der Waals surface area contributed by atoms with Crippen molar-refractivity contribution in [3.8, 4) is 0 Å². The Balaban J connectivity index is 2.49. The number of halogens is 1. The van der Waals surface area contributed by atoms with Gasteiger partial charge in [-0.2, -0.15) is 0 Å². The number of thiazole rings is 1. The Morgan fingerprint density at radius 1 is 1.69 bits per heavy atom. The van der Waals surface area contributed by atoms with Crippen LogP contribution in [0, 0.1) is 6.92 Å². The van der Waals surface area contributed by atoms with Gasteiger partial charge in [-0.3, -0.25) is 4.90 Å². The molecule has 1 aromatic heterocycles. The quantitative estimate of drug-likeness (QED) is 0.776. The summed E-state index contributed by atoms with van der Waals surface area (Å²) in [6.45, 7) is 5.19. The van der Waals surface area contributed by atoms with Gasteiger partial charge in [-0.05, 0) is 20.9 Å². The molecule has 1 heterocycles. The standard InChI is InChI=1S/C9H15BrN2S/c1-7-6-13-9(11-7)5-12(3)8(2)4-10/h6,8H,4-5H2,1-3H3. The van der Waals surface area contributed by atoms with Crippen LogP contribution in [0.4, 0.5) is 0 Å². The van der Waals surface area contributed by atoms with Gasteiger partial charge in [0.15, 0.2) is 0 Å². The summed E-state index contributed by atoms with van der Waals surface area (Å²) in [7, 11) is 2.13. The lowest BCUT2D eigenvalue weighted by Gasteiger charge is -2.21. The molecule has 1 aromatic rings. The Hall–Kier alpha value is 0.0700. The zero-order valence-corrected chi connectivity index (χ0v) is 10.7. The van der Waals surface area contributed by atoms with Crippen molar-refractivity contribution in [2.75, 3.05) is 12.4 Å². The number of aromatic nitrogens is 1. The second kappa shape index (κ2) is 5.08. The molecule has 0 bridgehead atoms. The number of hydrogen-bond donors (Lipinski definition) is 0. The van der Waals surface area contributed by atoms with Crippen LogP contribution in [0.2, 0.25) is 0 Å². The third kappa shape index (κ3) is 3.37. The van der Waals surface area contributed by atoms with Gasteiger partial charge in [-0.15, -0.1) is 11.3 Å². The van der Waals surface area contributed by atoms with Crippen molar-refractivity contribution in [1.29, 1.82) is 0 Å². The van der Waals surface area contributed by atoms with Crippen LogP contribution in [0.25, 0.3) is 0 Å². The predicted octanol–water partition coefficient (Wildman–Crippen LogP) is 2.67. The van der Waals surface area contributed by atoms with Crippen molar-refractivity contribution in [2.45, 2.75) is 26.4 Å². The Morgan fingerprint density at radius 2 is 2.38 bits per heavy atom. The van der Waals surface area contributed by atoms with Crippen LogP contribution in [0.1, 0.15) is 17.6 Å². The molecule has 0 spiro atoms. The molecule has 0 fully saturated rings. The molecule has 1 rings (SSSR count). The fraction of sp³-hybridized carbons (Fsp3) is 0.667. The minimum atomic E-state index is 0.559. The van der Waals surface area contributed by atoms with E-state index in [4.69, 9.17) is 0 Å². The number of hydrogen-bond acceptors (Lipinski definition) is 3. The van der Waals surface area contributed by atoms with Crippen molar-refractivity contribution in [2.24, 2.45) is 0 Å². The molecule has 13 heavy (non-hydrogen) atoms. The van der Waals surface area contributed by atoms with E-state index in [-0.39, 0.29) is 0 Å². The number of nitrogens with zero attached hydrogens (tertiary/aromatic N) is 2. The second-order valence-corrected chi connectivity index (χ2v) is 4.89. The van der Waals surface area contributed by atoms with E-state index in [0.29, 0.717) is 6.04 Å². The number of aryl methyl sites for hydroxylation is 1. The van der Waals surface area contributed by atoms with Crippen LogP contribution < -0.4 is 0 Å². The molecule has 0 saturated carbocycles. The summed E-state index contributed by atoms with van der Waals surface area (Å²) in [5, 5.41) is 4.31. The smallest absolute Gasteiger partial charge is 0.107 e. The monoisotopic (exact) mass is 262 g/mol. The first-order valence-corrected chi connectivity index (χ1v) is 6.30. The van der Waals surface area contributed by atoms with Gasteiger partial charge in [0.25, 0.3) is 0 Å². The summed E-state index contributed by atoms with van der Waals surface area (Å²) < 4.78 is 0. The highest BCUT2D eigenvalue weighted by Crippen LogP contribution is 2.12. The van der Waals surface area contributed by atoms with E-state index < -0.39 is 0 Å². The predicted molar refractivity (Wildman–Crippen MR) is 61.6 cm³/mol. The van der Waals surface area contributed by atoms with E-state index in [1.54, 1.807) is 11.3 Å². The van der Waals surface area contributed by atoms with Gasteiger partial charge in [-0.1, -0.05) is 15.9 Å². The Bertz CT molecular complexity index is 262. The molecule has 74 valence electrons. The zero-order valence-electron chi connectivity index (χ0n) is 8.25. The van der Waals surface area contributed by atoms with Gasteiger partial charge in [0.05, 0.1) is 6.54 Å². The maximum atomic E-state index is 4.43. The molecule has 2 nitrogen and oxygen atoms in total. The molecule has 0 radical (unpaired) electrons. The van der Waals surface area contributed by atoms with Crippen molar-refractivity contribution < 1.29 is 0 Å². The molecule has 0 aromatic carbocycles. The Morgan fingerprint density at radius 3 is 2.85 bits per heavy atom. The third-order valence-corrected chi connectivity index (χ3v) is 3.92. The van der Waals surface area contributed by atoms with E-state index in [1.165, 1.54) is 5.01 Å². The summed E-state index contributed by atoms with van der Waals surface area (Å²) in [5.74, 6) is 0. The highest BCUT2D eigenvalue weighted by molar-refractivity contribution is 9.09. The lowest BCUT2D eigenvalue weighted by atomic mass is 10.3. The minimum absolute atomic E-state index is 0.559. The summed E-state index contributed by atoms with van der Waals surface area (Å²) in [6.07, 6.45) is 0. The highest BCUT2D eigenvalue weighted by Gasteiger charge is 2.09. The highest BCUT2D eigenvalue weighted by atomic mass is 79.9. The molecular weight excluding hydrogens is 248 g/mol. The largest absolute Gasteiger partial charge is 0.296 e. The van der Waals surface area contributed by atoms with Crippen LogP contribution >= 0.6 is 27.3 Å². The van der Waals surface area contributed by atoms with Gasteiger partial charge in [0.2, 0.25) is 0 Å². The van der Waals surface area contributed by atoms with Crippen LogP contribution in [0.5, 0.6) is 0 Å². The molecule has 0 aliphatic heterocycles. The third-order valence-electron chi connectivity index (χ3n) is 2.03. The summed E-state index contributed by atoms with van der Waals surface area (Å²) in [4.78, 5) is 6.73. The van der Waals surface area contributed by atoms with Gasteiger partial charge in [0, 0.05) is 22.4 Å². The maximum Gasteiger partial charge on any atom is 0.107 e. The van der Waals surface area contributed by atoms with E-state index in [1.807, 2.05) is 6.92 Å². The second-order valence-electron chi connectivity index (χ2n) is 3.30. The fourth-order valence-electron chi connectivity index (χ4n) is 0.962. The molecule has 4 heteroatoms. The number of alkyl halides is 1. The van der Waals surface area contributed by atoms with Crippen LogP contribution in [0.15, 0.2) is 5.38 Å². The molecule has 0 aliphatic rings. The van der Waals surface area contributed by atoms with E-state index in [9.17, 15) is 0 Å². The molecule has 0 amide bonds. The molecular formula is C9H15BrN2S. The first kappa shape index (κ1) is 11.1. The summed E-state index contributed by atoms with van der Waals surface area (Å²) >= 11 is 5.21. The molecule has 0 N–H and O–H groups in total. The number of rotatable bonds is 4. The lowest BCUT2D eigenvalue weighted by Crippen LogP contribution is -2.29. The van der Waals surface area contributed by atoms with Crippen LogP contribution in [0.3, 0.4) is 0 Å². The first-order valence-electron chi connectivity index (χ1n) is 4.30. The Kier molecular flexibility index (Phi) is 4.35. The van der Waals surface area contributed by atoms with Crippen molar-refractivity contribution in [3.63, 3.8) is 0 Å². The maximum absolute atomic E-state index is 4.43. The van der Waals surface area contributed by atoms with Gasteiger partial charge in [0.1, 0.15) is 5.01 Å². The summed E-state index contributed by atoms with van der Waals surface area (Å²) in [5.41, 5.74) is 1.12. The van der Waals surface area contributed by atoms with Crippen LogP contribution in [-0.4, -0.2) is 28.3 Å². The van der Waals surface area contributed by atoms with Gasteiger partial charge >= 0.3 is 0 Å². The SMILES string of the molecule is Cc1csc(CN(C)C(C)CBr)n1. The molecule has 0 aliphatic carbocycles. The lowest BCUT2D eigenvalue weighted by molar-refractivity contribution is 0.270. The minimum Gasteiger partial charge on any atom is -0.296 e. The van der Waals surface area contributed by atoms with E-state index in [0.717, 1.165) is 17.6 Å². The fourth-order valence-corrected chi connectivity index (χ4v) is 2.29. The molecule has 0 saturated heterocycles. The molecule has 1 atom stereocenters. The van der Waals surface area contributed by atoms with Crippen molar-refractivity contribution in [1.82, 2.24) is 9.88 Å². The van der Waals surface area contributed by atoms with Crippen molar-refractivity contribution in [3.05, 3.63) is 16.1 Å². The normalized spacial score (nSPS) is 13.6. The van der Waals surface area contributed by atoms with Crippen molar-refractivity contribution >= 4 is 27.3 Å². The summed E-state index contributed by atoms with van der Waals surface area (Å²) in [6, 6.07) is 0.559. The first-order chi connectivity index (χ1) is 6.13. The van der Waals surface area contributed by atoms with E-state index >= 15 is 0 Å². The van der Waals surface area contributed by atoms with Gasteiger partial charge < -0.3 is 0 Å². The zero-order chi connectivity index (χ0) is 9.84. The average molecular weight is 263 g/mol. The topological polar surface area (TPSA) is 16.1 Å². The van der Waals surface area contributed by atoms with Crippen LogP contribution in [-0.2, 0) is 6.54 Å². The average Bonchev–Trinajstić information content (AvgIpc) is 2.49. The molecule has 1 unspecified atom stereocenters. The Labute approximate surface area is 92.1 Å².